The summed E-state index contributed by atoms with van der Waals surface area (Å²) in [5.41, 5.74) is 0.931. The minimum atomic E-state index is -1.25. The largest absolute Gasteiger partial charge is 0.477 e. The Morgan fingerprint density at radius 3 is 2.78 bits per heavy atom. The van der Waals surface area contributed by atoms with Gasteiger partial charge in [-0.2, -0.15) is 12.6 Å². The number of aromatic amines is 1. The van der Waals surface area contributed by atoms with Gasteiger partial charge in [0.1, 0.15) is 22.9 Å². The van der Waals surface area contributed by atoms with Crippen molar-refractivity contribution in [2.45, 2.75) is 34.1 Å². The standard InChI is InChI=1S/C19H18N10O4S3/c30-12-6-13-29(12)14(18(32)33)10(8-35-19-23-26-27-28(19)7-11-21-24-25-22-11)17(36-13)20-16(31)15(34)9-4-2-1-3-5-9/h1-5,13,15,17,34H,6-8H2,(H,20,31)(H,32,33)(H,21,22,24,25)/t13-,15?,17?/m1/s1. The van der Waals surface area contributed by atoms with E-state index >= 15 is 0 Å². The third-order valence-electron chi connectivity index (χ3n) is 5.44. The third kappa shape index (κ3) is 4.80. The molecule has 1 saturated heterocycles. The Kier molecular flexibility index (Phi) is 6.92. The molecule has 36 heavy (non-hydrogen) atoms. The Balaban J connectivity index is 1.40. The molecular formula is C19H18N10O4S3. The number of aromatic nitrogens is 8. The van der Waals surface area contributed by atoms with Crippen LogP contribution < -0.4 is 5.32 Å². The molecule has 2 unspecified atom stereocenters. The molecule has 1 aromatic carbocycles. The van der Waals surface area contributed by atoms with Gasteiger partial charge >= 0.3 is 5.97 Å². The van der Waals surface area contributed by atoms with Gasteiger partial charge in [0.2, 0.25) is 17.0 Å². The van der Waals surface area contributed by atoms with Crippen molar-refractivity contribution in [1.82, 2.24) is 51.0 Å². The molecule has 0 aliphatic carbocycles. The van der Waals surface area contributed by atoms with E-state index in [0.717, 1.165) is 0 Å². The van der Waals surface area contributed by atoms with Crippen LogP contribution >= 0.6 is 36.2 Å². The molecule has 1 fully saturated rings. The summed E-state index contributed by atoms with van der Waals surface area (Å²) in [6, 6.07) is 9.03. The van der Waals surface area contributed by atoms with Crippen LogP contribution in [0.4, 0.5) is 0 Å². The number of β-lactam (4-membered cyclic amide) rings is 1. The molecular weight excluding hydrogens is 528 g/mol. The van der Waals surface area contributed by atoms with Gasteiger partial charge in [-0.25, -0.2) is 14.6 Å². The average Bonchev–Trinajstić information content (AvgIpc) is 3.55. The fourth-order valence-electron chi connectivity index (χ4n) is 3.71. The number of nitrogens with zero attached hydrogens (tertiary/aromatic N) is 8. The van der Waals surface area contributed by atoms with Gasteiger partial charge in [-0.3, -0.25) is 14.5 Å². The number of amides is 2. The van der Waals surface area contributed by atoms with Gasteiger partial charge in [-0.15, -0.1) is 22.0 Å². The topological polar surface area (TPSA) is 185 Å². The fraction of sp³-hybridized carbons (Fsp3) is 0.316. The Bertz CT molecular complexity index is 1320. The van der Waals surface area contributed by atoms with E-state index in [1.54, 1.807) is 12.1 Å². The van der Waals surface area contributed by atoms with Crippen LogP contribution in [0.5, 0.6) is 0 Å². The lowest BCUT2D eigenvalue weighted by molar-refractivity contribution is -0.146. The van der Waals surface area contributed by atoms with Crippen molar-refractivity contribution in [1.29, 1.82) is 0 Å². The highest BCUT2D eigenvalue weighted by molar-refractivity contribution is 8.01. The molecule has 0 bridgehead atoms. The molecule has 2 aliphatic heterocycles. The quantitative estimate of drug-likeness (QED) is 0.161. The third-order valence-corrected chi connectivity index (χ3v) is 8.35. The second-order valence-corrected chi connectivity index (χ2v) is 10.4. The molecule has 0 radical (unpaired) electrons. The molecule has 3 N–H and O–H groups in total. The number of hydrogen-bond donors (Lipinski definition) is 4. The Morgan fingerprint density at radius 1 is 1.28 bits per heavy atom. The van der Waals surface area contributed by atoms with Crippen molar-refractivity contribution in [2.75, 3.05) is 5.75 Å². The number of carboxylic acid groups (broad SMARTS) is 1. The summed E-state index contributed by atoms with van der Waals surface area (Å²) in [5, 5.41) is 36.5. The highest BCUT2D eigenvalue weighted by Gasteiger charge is 2.49. The van der Waals surface area contributed by atoms with Gasteiger partial charge in [-0.05, 0) is 26.4 Å². The van der Waals surface area contributed by atoms with Crippen LogP contribution in [0.25, 0.3) is 0 Å². The lowest BCUT2D eigenvalue weighted by atomic mass is 10.1. The van der Waals surface area contributed by atoms with Crippen LogP contribution in [0.3, 0.4) is 0 Å². The van der Waals surface area contributed by atoms with E-state index in [9.17, 15) is 19.5 Å². The number of rotatable bonds is 9. The van der Waals surface area contributed by atoms with Crippen molar-refractivity contribution in [2.24, 2.45) is 0 Å². The molecule has 2 aromatic heterocycles. The number of fused-ring (bicyclic) bond motifs is 1. The Labute approximate surface area is 217 Å². The number of carbonyl (C=O) groups excluding carboxylic acids is 2. The van der Waals surface area contributed by atoms with Crippen molar-refractivity contribution < 1.29 is 19.5 Å². The predicted molar refractivity (Wildman–Crippen MR) is 129 cm³/mol. The molecule has 0 saturated carbocycles. The SMILES string of the molecule is O=C(O)C1=C(CSc2nnnn2Cc2nnn[nH]2)C(NC(=O)C(S)c2ccccc2)S[C@@H]2CC(=O)N12. The van der Waals surface area contributed by atoms with Crippen LogP contribution in [0.2, 0.25) is 0 Å². The van der Waals surface area contributed by atoms with E-state index in [-0.39, 0.29) is 41.6 Å². The summed E-state index contributed by atoms with van der Waals surface area (Å²) in [6.45, 7) is 0.174. The highest BCUT2D eigenvalue weighted by atomic mass is 32.2. The number of H-pyrrole nitrogens is 1. The van der Waals surface area contributed by atoms with Gasteiger partial charge in [0.15, 0.2) is 5.82 Å². The summed E-state index contributed by atoms with van der Waals surface area (Å²) < 4.78 is 1.45. The van der Waals surface area contributed by atoms with E-state index < -0.39 is 16.6 Å². The minimum absolute atomic E-state index is 0.105. The number of thiol groups is 1. The first-order valence-electron chi connectivity index (χ1n) is 10.5. The number of tetrazole rings is 2. The Hall–Kier alpha value is -3.44. The number of thioether (sulfide) groups is 2. The molecule has 2 aliphatic rings. The van der Waals surface area contributed by atoms with E-state index in [1.807, 2.05) is 18.2 Å². The molecule has 2 amide bonds. The number of carbonyl (C=O) groups is 3. The van der Waals surface area contributed by atoms with Gasteiger partial charge in [0.05, 0.1) is 11.8 Å². The Morgan fingerprint density at radius 2 is 2.08 bits per heavy atom. The summed E-state index contributed by atoms with van der Waals surface area (Å²) in [7, 11) is 0. The smallest absolute Gasteiger partial charge is 0.352 e. The maximum absolute atomic E-state index is 13.1. The summed E-state index contributed by atoms with van der Waals surface area (Å²) in [4.78, 5) is 38.8. The molecule has 0 spiro atoms. The first kappa shape index (κ1) is 24.3. The zero-order valence-corrected chi connectivity index (χ0v) is 20.8. The molecule has 17 heteroatoms. The van der Waals surface area contributed by atoms with E-state index in [0.29, 0.717) is 22.1 Å². The monoisotopic (exact) mass is 546 g/mol. The maximum Gasteiger partial charge on any atom is 0.352 e. The average molecular weight is 547 g/mol. The zero-order valence-electron chi connectivity index (χ0n) is 18.3. The van der Waals surface area contributed by atoms with Gasteiger partial charge in [0.25, 0.3) is 0 Å². The molecule has 3 atom stereocenters. The van der Waals surface area contributed by atoms with Crippen LogP contribution in [-0.2, 0) is 20.9 Å². The second kappa shape index (κ2) is 10.3. The normalized spacial score (nSPS) is 20.0. The number of carboxylic acids is 1. The van der Waals surface area contributed by atoms with Crippen LogP contribution in [0.1, 0.15) is 23.1 Å². The first-order valence-corrected chi connectivity index (χ1v) is 13.0. The fourth-order valence-corrected chi connectivity index (χ4v) is 6.44. The zero-order chi connectivity index (χ0) is 25.2. The van der Waals surface area contributed by atoms with Crippen LogP contribution in [-0.4, -0.2) is 85.1 Å². The van der Waals surface area contributed by atoms with Crippen LogP contribution in [0.15, 0.2) is 46.8 Å². The van der Waals surface area contributed by atoms with Crippen molar-refractivity contribution in [3.05, 3.63) is 53.0 Å². The molecule has 4 heterocycles. The summed E-state index contributed by atoms with van der Waals surface area (Å²) in [6.07, 6.45) is 0.195. The molecule has 5 rings (SSSR count). The lowest BCUT2D eigenvalue weighted by Gasteiger charge is -2.46. The number of aliphatic carboxylic acids is 1. The van der Waals surface area contributed by atoms with Gasteiger partial charge in [0, 0.05) is 11.3 Å². The number of benzene rings is 1. The van der Waals surface area contributed by atoms with Crippen LogP contribution in [0, 0.1) is 0 Å². The molecule has 186 valence electrons. The number of hydrogen-bond acceptors (Lipinski definition) is 12. The first-order chi connectivity index (χ1) is 17.4. The van der Waals surface area contributed by atoms with Crippen molar-refractivity contribution in [3.63, 3.8) is 0 Å². The summed E-state index contributed by atoms with van der Waals surface area (Å²) >= 11 is 6.94. The highest BCUT2D eigenvalue weighted by Crippen LogP contribution is 2.44. The van der Waals surface area contributed by atoms with Gasteiger partial charge < -0.3 is 10.4 Å². The minimum Gasteiger partial charge on any atom is -0.477 e. The molecule has 3 aromatic rings. The number of nitrogens with one attached hydrogen (secondary N) is 2. The van der Waals surface area contributed by atoms with E-state index in [1.165, 1.54) is 33.1 Å². The maximum atomic E-state index is 13.1. The second-order valence-electron chi connectivity index (χ2n) is 7.70. The van der Waals surface area contributed by atoms with Crippen molar-refractivity contribution >= 4 is 53.9 Å². The molecule has 14 nitrogen and oxygen atoms in total. The predicted octanol–water partition coefficient (Wildman–Crippen LogP) is 0.0839. The van der Waals surface area contributed by atoms with E-state index in [2.05, 4.69) is 54.1 Å². The summed E-state index contributed by atoms with van der Waals surface area (Å²) in [5.74, 6) is -1.37. The van der Waals surface area contributed by atoms with Gasteiger partial charge in [-0.1, -0.05) is 42.1 Å². The van der Waals surface area contributed by atoms with E-state index in [4.69, 9.17) is 0 Å². The lowest BCUT2D eigenvalue weighted by Crippen LogP contribution is -2.57. The van der Waals surface area contributed by atoms with Crippen molar-refractivity contribution in [3.8, 4) is 0 Å².